The number of hydrogen-bond donors (Lipinski definition) is 0. The van der Waals surface area contributed by atoms with E-state index in [1.807, 2.05) is 0 Å². The van der Waals surface area contributed by atoms with Crippen molar-refractivity contribution in [2.45, 2.75) is 0 Å². The minimum absolute atomic E-state index is 1.10. The third-order valence-electron chi connectivity index (χ3n) is 11.6. The van der Waals surface area contributed by atoms with Gasteiger partial charge in [0, 0.05) is 33.5 Å². The molecule has 1 aromatic heterocycles. The van der Waals surface area contributed by atoms with Crippen LogP contribution in [0, 0.1) is 0 Å². The molecule has 0 amide bonds. The Morgan fingerprint density at radius 1 is 0.293 bits per heavy atom. The average molecular weight is 739 g/mol. The van der Waals surface area contributed by atoms with Crippen LogP contribution in [-0.4, -0.2) is 4.57 Å². The number of fused-ring (bicyclic) bond motifs is 5. The first-order chi connectivity index (χ1) is 28.8. The first-order valence-corrected chi connectivity index (χ1v) is 19.9. The molecular weight excluding hydrogens is 701 g/mol. The number of rotatable bonds is 7. The van der Waals surface area contributed by atoms with Gasteiger partial charge in [-0.05, 0) is 116 Å². The normalized spacial score (nSPS) is 11.4. The molecular formula is C56H38N2. The number of anilines is 3. The third-order valence-corrected chi connectivity index (χ3v) is 11.6. The fourth-order valence-electron chi connectivity index (χ4n) is 8.81. The molecule has 0 aliphatic heterocycles. The molecule has 11 rings (SSSR count). The van der Waals surface area contributed by atoms with E-state index < -0.39 is 0 Å². The van der Waals surface area contributed by atoms with Gasteiger partial charge in [-0.25, -0.2) is 0 Å². The van der Waals surface area contributed by atoms with E-state index in [-0.39, 0.29) is 0 Å². The monoisotopic (exact) mass is 738 g/mol. The third kappa shape index (κ3) is 5.82. The first-order valence-electron chi connectivity index (χ1n) is 19.9. The van der Waals surface area contributed by atoms with Gasteiger partial charge in [0.25, 0.3) is 0 Å². The summed E-state index contributed by atoms with van der Waals surface area (Å²) in [5.41, 5.74) is 14.1. The van der Waals surface area contributed by atoms with E-state index in [9.17, 15) is 0 Å². The summed E-state index contributed by atoms with van der Waals surface area (Å²) in [6.07, 6.45) is 0. The Labute approximate surface area is 338 Å². The van der Waals surface area contributed by atoms with E-state index in [1.165, 1.54) is 76.7 Å². The second kappa shape index (κ2) is 14.1. The summed E-state index contributed by atoms with van der Waals surface area (Å²) in [5, 5.41) is 7.51. The van der Waals surface area contributed by atoms with Crippen molar-refractivity contribution in [1.82, 2.24) is 4.57 Å². The summed E-state index contributed by atoms with van der Waals surface area (Å²) in [5.74, 6) is 0. The van der Waals surface area contributed by atoms with Gasteiger partial charge in [0.05, 0.1) is 11.0 Å². The molecule has 0 bridgehead atoms. The van der Waals surface area contributed by atoms with Crippen LogP contribution in [0.3, 0.4) is 0 Å². The topological polar surface area (TPSA) is 8.17 Å². The van der Waals surface area contributed by atoms with Crippen molar-refractivity contribution in [3.63, 3.8) is 0 Å². The molecule has 0 unspecified atom stereocenters. The summed E-state index contributed by atoms with van der Waals surface area (Å²) in [7, 11) is 0. The molecule has 0 aliphatic rings. The largest absolute Gasteiger partial charge is 0.310 e. The van der Waals surface area contributed by atoms with Gasteiger partial charge in [-0.1, -0.05) is 170 Å². The molecule has 0 saturated heterocycles. The van der Waals surface area contributed by atoms with Crippen LogP contribution >= 0.6 is 0 Å². The molecule has 0 atom stereocenters. The highest BCUT2D eigenvalue weighted by Gasteiger charge is 2.18. The Hall–Kier alpha value is -7.68. The van der Waals surface area contributed by atoms with Gasteiger partial charge >= 0.3 is 0 Å². The van der Waals surface area contributed by atoms with E-state index in [2.05, 4.69) is 240 Å². The highest BCUT2D eigenvalue weighted by molar-refractivity contribution is 6.16. The fourth-order valence-corrected chi connectivity index (χ4v) is 8.81. The Morgan fingerprint density at radius 2 is 0.862 bits per heavy atom. The number of aromatic nitrogens is 1. The Morgan fingerprint density at radius 3 is 1.69 bits per heavy atom. The van der Waals surface area contributed by atoms with Crippen LogP contribution in [-0.2, 0) is 0 Å². The van der Waals surface area contributed by atoms with Gasteiger partial charge in [-0.2, -0.15) is 0 Å². The highest BCUT2D eigenvalue weighted by Crippen LogP contribution is 2.42. The van der Waals surface area contributed by atoms with Gasteiger partial charge < -0.3 is 9.47 Å². The van der Waals surface area contributed by atoms with E-state index in [1.54, 1.807) is 0 Å². The van der Waals surface area contributed by atoms with E-state index >= 15 is 0 Å². The molecule has 11 aromatic rings. The van der Waals surface area contributed by atoms with Gasteiger partial charge in [0.1, 0.15) is 0 Å². The molecule has 0 N–H and O–H groups in total. The quantitative estimate of drug-likeness (QED) is 0.158. The molecule has 1 heterocycles. The number of nitrogens with zero attached hydrogens (tertiary/aromatic N) is 2. The molecule has 2 nitrogen and oxygen atoms in total. The molecule has 272 valence electrons. The van der Waals surface area contributed by atoms with Crippen LogP contribution in [0.4, 0.5) is 17.1 Å². The van der Waals surface area contributed by atoms with Gasteiger partial charge in [-0.3, -0.25) is 0 Å². The van der Waals surface area contributed by atoms with Crippen LogP contribution in [0.1, 0.15) is 0 Å². The molecule has 58 heavy (non-hydrogen) atoms. The number of benzene rings is 10. The Bertz CT molecular complexity index is 3260. The van der Waals surface area contributed by atoms with Crippen LogP contribution in [0.2, 0.25) is 0 Å². The van der Waals surface area contributed by atoms with Crippen molar-refractivity contribution in [3.8, 4) is 39.1 Å². The van der Waals surface area contributed by atoms with Gasteiger partial charge in [0.2, 0.25) is 0 Å². The van der Waals surface area contributed by atoms with Crippen LogP contribution in [0.5, 0.6) is 0 Å². The smallest absolute Gasteiger partial charge is 0.0547 e. The number of hydrogen-bond acceptors (Lipinski definition) is 1. The van der Waals surface area contributed by atoms with Crippen LogP contribution in [0.25, 0.3) is 82.4 Å². The van der Waals surface area contributed by atoms with Crippen LogP contribution in [0.15, 0.2) is 231 Å². The Kier molecular flexibility index (Phi) is 8.19. The zero-order valence-corrected chi connectivity index (χ0v) is 31.8. The lowest BCUT2D eigenvalue weighted by molar-refractivity contribution is 1.19. The molecule has 2 heteroatoms. The maximum atomic E-state index is 2.42. The molecule has 10 aromatic carbocycles. The maximum Gasteiger partial charge on any atom is 0.0547 e. The van der Waals surface area contributed by atoms with Gasteiger partial charge in [-0.15, -0.1) is 0 Å². The molecule has 0 saturated carbocycles. The van der Waals surface area contributed by atoms with Crippen molar-refractivity contribution < 1.29 is 0 Å². The molecule has 0 spiro atoms. The number of para-hydroxylation sites is 2. The average Bonchev–Trinajstić information content (AvgIpc) is 3.64. The van der Waals surface area contributed by atoms with Crippen molar-refractivity contribution in [2.24, 2.45) is 0 Å². The zero-order valence-electron chi connectivity index (χ0n) is 31.8. The lowest BCUT2D eigenvalue weighted by Crippen LogP contribution is -2.09. The van der Waals surface area contributed by atoms with Crippen molar-refractivity contribution in [3.05, 3.63) is 231 Å². The fraction of sp³-hybridized carbons (Fsp3) is 0. The lowest BCUT2D eigenvalue weighted by Gasteiger charge is -2.26. The van der Waals surface area contributed by atoms with Crippen molar-refractivity contribution in [1.29, 1.82) is 0 Å². The molecule has 0 radical (unpaired) electrons. The minimum atomic E-state index is 1.10. The van der Waals surface area contributed by atoms with Gasteiger partial charge in [0.15, 0.2) is 0 Å². The highest BCUT2D eigenvalue weighted by atomic mass is 15.1. The Balaban J connectivity index is 0.978. The zero-order chi connectivity index (χ0) is 38.4. The lowest BCUT2D eigenvalue weighted by atomic mass is 9.96. The van der Waals surface area contributed by atoms with E-state index in [0.717, 1.165) is 22.7 Å². The standard InChI is InChI=1S/C56H38N2/c1-2-18-46(19-3-1)57(47-34-31-41(32-35-47)40-27-29-43(30-28-40)51-23-11-16-42-14-6-7-21-50(42)51)48-20-10-17-45(38-48)52-24-12-26-55-56(52)53-22-8-9-25-54(53)58(55)49-36-33-39-13-4-5-15-44(39)37-49/h1-38H. The van der Waals surface area contributed by atoms with E-state index in [0.29, 0.717) is 0 Å². The summed E-state index contributed by atoms with van der Waals surface area (Å²) in [6, 6.07) is 83.6. The second-order valence-corrected chi connectivity index (χ2v) is 15.0. The predicted molar refractivity (Wildman–Crippen MR) is 247 cm³/mol. The summed E-state index contributed by atoms with van der Waals surface area (Å²) in [4.78, 5) is 2.36. The SMILES string of the molecule is c1ccc(N(c2ccc(-c3ccc(-c4cccc5ccccc45)cc3)cc2)c2cccc(-c3cccc4c3c3ccccc3n4-c3ccc4ccccc4c3)c2)cc1. The summed E-state index contributed by atoms with van der Waals surface area (Å²) >= 11 is 0. The van der Waals surface area contributed by atoms with Crippen molar-refractivity contribution >= 4 is 60.4 Å². The summed E-state index contributed by atoms with van der Waals surface area (Å²) in [6.45, 7) is 0. The molecule has 0 aliphatic carbocycles. The predicted octanol–water partition coefficient (Wildman–Crippen LogP) is 15.6. The van der Waals surface area contributed by atoms with E-state index in [4.69, 9.17) is 0 Å². The maximum absolute atomic E-state index is 2.42. The first kappa shape index (κ1) is 33.6. The molecule has 0 fully saturated rings. The summed E-state index contributed by atoms with van der Waals surface area (Å²) < 4.78 is 2.42. The van der Waals surface area contributed by atoms with Crippen LogP contribution < -0.4 is 4.90 Å². The minimum Gasteiger partial charge on any atom is -0.310 e. The second-order valence-electron chi connectivity index (χ2n) is 15.0. The van der Waals surface area contributed by atoms with Crippen molar-refractivity contribution in [2.75, 3.05) is 4.90 Å².